The number of halogens is 1. The maximum absolute atomic E-state index is 12.3. The summed E-state index contributed by atoms with van der Waals surface area (Å²) < 4.78 is 0. The lowest BCUT2D eigenvalue weighted by molar-refractivity contribution is 0.0946. The Labute approximate surface area is 138 Å². The highest BCUT2D eigenvalue weighted by Gasteiger charge is 2.23. The molecule has 0 atom stereocenters. The summed E-state index contributed by atoms with van der Waals surface area (Å²) in [5, 5.41) is 13.6. The van der Waals surface area contributed by atoms with Crippen molar-refractivity contribution in [2.24, 2.45) is 0 Å². The molecular formula is C17H17ClN2O3. The number of aromatic hydroxyl groups is 1. The van der Waals surface area contributed by atoms with Crippen LogP contribution in [0.15, 0.2) is 29.1 Å². The summed E-state index contributed by atoms with van der Waals surface area (Å²) in [6.07, 6.45) is 3.32. The van der Waals surface area contributed by atoms with Crippen LogP contribution in [-0.4, -0.2) is 16.0 Å². The van der Waals surface area contributed by atoms with Crippen LogP contribution in [0.5, 0.6) is 5.75 Å². The predicted molar refractivity (Wildman–Crippen MR) is 88.0 cm³/mol. The molecule has 0 aliphatic heterocycles. The normalized spacial score (nSPS) is 13.4. The van der Waals surface area contributed by atoms with E-state index in [1.807, 2.05) is 0 Å². The summed E-state index contributed by atoms with van der Waals surface area (Å²) in [5.41, 5.74) is 1.54. The van der Waals surface area contributed by atoms with Gasteiger partial charge in [0.25, 0.3) is 11.5 Å². The molecule has 1 amide bonds. The lowest BCUT2D eigenvalue weighted by atomic mass is 9.93. The van der Waals surface area contributed by atoms with E-state index in [1.54, 1.807) is 24.3 Å². The Morgan fingerprint density at radius 2 is 1.91 bits per heavy atom. The minimum absolute atomic E-state index is 0.183. The van der Waals surface area contributed by atoms with Crippen molar-refractivity contribution in [2.45, 2.75) is 32.2 Å². The van der Waals surface area contributed by atoms with Crippen molar-refractivity contribution in [1.82, 2.24) is 10.3 Å². The molecule has 0 fully saturated rings. The summed E-state index contributed by atoms with van der Waals surface area (Å²) in [6.45, 7) is 0.256. The van der Waals surface area contributed by atoms with Crippen molar-refractivity contribution in [1.29, 1.82) is 0 Å². The summed E-state index contributed by atoms with van der Waals surface area (Å²) in [5.74, 6) is -0.760. The third-order valence-electron chi connectivity index (χ3n) is 4.08. The maximum Gasteiger partial charge on any atom is 0.264 e. The second-order valence-electron chi connectivity index (χ2n) is 5.65. The van der Waals surface area contributed by atoms with Gasteiger partial charge in [-0.3, -0.25) is 9.59 Å². The number of nitrogens with one attached hydrogen (secondary N) is 2. The summed E-state index contributed by atoms with van der Waals surface area (Å²) in [4.78, 5) is 27.1. The van der Waals surface area contributed by atoms with E-state index in [2.05, 4.69) is 10.3 Å². The number of aromatic amines is 1. The number of carbonyl (C=O) groups is 1. The quantitative estimate of drug-likeness (QED) is 0.807. The third-order valence-corrected chi connectivity index (χ3v) is 4.33. The average Bonchev–Trinajstić information content (AvgIpc) is 2.54. The fourth-order valence-corrected chi connectivity index (χ4v) is 2.97. The zero-order valence-electron chi connectivity index (χ0n) is 12.5. The number of pyridine rings is 1. The first-order valence-electron chi connectivity index (χ1n) is 7.56. The van der Waals surface area contributed by atoms with Gasteiger partial charge in [0.1, 0.15) is 11.3 Å². The first kappa shape index (κ1) is 15.6. The van der Waals surface area contributed by atoms with Crippen LogP contribution in [0, 0.1) is 0 Å². The van der Waals surface area contributed by atoms with E-state index in [0.717, 1.165) is 30.5 Å². The van der Waals surface area contributed by atoms with Gasteiger partial charge < -0.3 is 15.4 Å². The van der Waals surface area contributed by atoms with Gasteiger partial charge in [-0.1, -0.05) is 23.7 Å². The van der Waals surface area contributed by atoms with Crippen LogP contribution in [0.2, 0.25) is 5.02 Å². The van der Waals surface area contributed by atoms with Crippen LogP contribution < -0.4 is 10.9 Å². The highest BCUT2D eigenvalue weighted by molar-refractivity contribution is 6.30. The zero-order chi connectivity index (χ0) is 16.4. The molecule has 1 aliphatic carbocycles. The Balaban J connectivity index is 1.82. The van der Waals surface area contributed by atoms with Gasteiger partial charge in [-0.05, 0) is 43.4 Å². The van der Waals surface area contributed by atoms with Crippen molar-refractivity contribution in [2.75, 3.05) is 0 Å². The first-order valence-corrected chi connectivity index (χ1v) is 7.93. The topological polar surface area (TPSA) is 82.2 Å². The molecule has 1 aliphatic rings. The molecule has 0 saturated carbocycles. The largest absolute Gasteiger partial charge is 0.507 e. The van der Waals surface area contributed by atoms with Crippen LogP contribution in [0.3, 0.4) is 0 Å². The molecule has 120 valence electrons. The van der Waals surface area contributed by atoms with Crippen molar-refractivity contribution < 1.29 is 9.90 Å². The summed E-state index contributed by atoms with van der Waals surface area (Å²) in [6, 6.07) is 7.04. The molecule has 0 radical (unpaired) electrons. The van der Waals surface area contributed by atoms with Crippen LogP contribution in [0.4, 0.5) is 0 Å². The fourth-order valence-electron chi connectivity index (χ4n) is 2.85. The number of hydrogen-bond donors (Lipinski definition) is 3. The summed E-state index contributed by atoms with van der Waals surface area (Å²) >= 11 is 5.81. The molecule has 0 saturated heterocycles. The van der Waals surface area contributed by atoms with E-state index >= 15 is 0 Å². The van der Waals surface area contributed by atoms with Gasteiger partial charge in [0.15, 0.2) is 0 Å². The SMILES string of the molecule is O=C(NCc1ccc(Cl)cc1)c1c(O)c2c([nH]c1=O)CCCC2. The highest BCUT2D eigenvalue weighted by Crippen LogP contribution is 2.28. The third kappa shape index (κ3) is 3.24. The summed E-state index contributed by atoms with van der Waals surface area (Å²) in [7, 11) is 0. The molecule has 2 aromatic rings. The zero-order valence-corrected chi connectivity index (χ0v) is 13.2. The highest BCUT2D eigenvalue weighted by atomic mass is 35.5. The van der Waals surface area contributed by atoms with Gasteiger partial charge in [0.05, 0.1) is 0 Å². The smallest absolute Gasteiger partial charge is 0.264 e. The Bertz CT molecular complexity index is 797. The first-order chi connectivity index (χ1) is 11.1. The number of fused-ring (bicyclic) bond motifs is 1. The van der Waals surface area contributed by atoms with Gasteiger partial charge in [0.2, 0.25) is 0 Å². The minimum Gasteiger partial charge on any atom is -0.507 e. The van der Waals surface area contributed by atoms with E-state index in [-0.39, 0.29) is 17.9 Å². The Hall–Kier alpha value is -2.27. The second-order valence-corrected chi connectivity index (χ2v) is 6.09. The monoisotopic (exact) mass is 332 g/mol. The number of hydrogen-bond acceptors (Lipinski definition) is 3. The van der Waals surface area contributed by atoms with Gasteiger partial charge in [0, 0.05) is 22.8 Å². The standard InChI is InChI=1S/C17H17ClN2O3/c18-11-7-5-10(6-8-11)9-19-16(22)14-15(21)12-3-1-2-4-13(12)20-17(14)23/h5-8H,1-4,9H2,(H,19,22)(H2,20,21,23). The van der Waals surface area contributed by atoms with Gasteiger partial charge in [-0.15, -0.1) is 0 Å². The van der Waals surface area contributed by atoms with Gasteiger partial charge >= 0.3 is 0 Å². The van der Waals surface area contributed by atoms with Crippen LogP contribution >= 0.6 is 11.6 Å². The lowest BCUT2D eigenvalue weighted by Gasteiger charge is -2.18. The molecule has 1 heterocycles. The molecule has 0 bridgehead atoms. The Morgan fingerprint density at radius 3 is 2.65 bits per heavy atom. The number of aromatic nitrogens is 1. The molecule has 3 rings (SSSR count). The molecule has 23 heavy (non-hydrogen) atoms. The molecule has 5 nitrogen and oxygen atoms in total. The van der Waals surface area contributed by atoms with Gasteiger partial charge in [-0.2, -0.15) is 0 Å². The Kier molecular flexibility index (Phi) is 4.39. The van der Waals surface area contributed by atoms with Crippen LogP contribution in [0.25, 0.3) is 0 Å². The number of carbonyl (C=O) groups excluding carboxylic acids is 1. The maximum atomic E-state index is 12.3. The van der Waals surface area contributed by atoms with E-state index < -0.39 is 11.5 Å². The van der Waals surface area contributed by atoms with Crippen molar-refractivity contribution in [3.8, 4) is 5.75 Å². The molecule has 0 spiro atoms. The minimum atomic E-state index is -0.577. The van der Waals surface area contributed by atoms with E-state index in [1.165, 1.54) is 0 Å². The average molecular weight is 333 g/mol. The lowest BCUT2D eigenvalue weighted by Crippen LogP contribution is -2.31. The number of rotatable bonds is 3. The molecule has 6 heteroatoms. The molecule has 0 unspecified atom stereocenters. The van der Waals surface area contributed by atoms with E-state index in [0.29, 0.717) is 17.0 Å². The number of benzene rings is 1. The molecular weight excluding hydrogens is 316 g/mol. The van der Waals surface area contributed by atoms with Crippen LogP contribution in [-0.2, 0) is 19.4 Å². The number of aryl methyl sites for hydroxylation is 1. The van der Waals surface area contributed by atoms with E-state index in [9.17, 15) is 14.7 Å². The molecule has 1 aromatic heterocycles. The van der Waals surface area contributed by atoms with Crippen molar-refractivity contribution in [3.05, 3.63) is 62.0 Å². The van der Waals surface area contributed by atoms with Gasteiger partial charge in [-0.25, -0.2) is 0 Å². The molecule has 3 N–H and O–H groups in total. The molecule has 1 aromatic carbocycles. The van der Waals surface area contributed by atoms with Crippen LogP contribution in [0.1, 0.15) is 40.0 Å². The number of amides is 1. The predicted octanol–water partition coefficient (Wildman–Crippen LogP) is 2.54. The Morgan fingerprint density at radius 1 is 1.22 bits per heavy atom. The number of H-pyrrole nitrogens is 1. The van der Waals surface area contributed by atoms with Crippen molar-refractivity contribution in [3.63, 3.8) is 0 Å². The van der Waals surface area contributed by atoms with E-state index in [4.69, 9.17) is 11.6 Å². The second kappa shape index (κ2) is 6.46. The van der Waals surface area contributed by atoms with Crippen molar-refractivity contribution >= 4 is 17.5 Å². The fraction of sp³-hybridized carbons (Fsp3) is 0.294.